The summed E-state index contributed by atoms with van der Waals surface area (Å²) in [5.41, 5.74) is 0. The van der Waals surface area contributed by atoms with Crippen LogP contribution in [0.15, 0.2) is 55.1 Å². The van der Waals surface area contributed by atoms with Crippen molar-refractivity contribution in [2.75, 3.05) is 6.54 Å². The minimum absolute atomic E-state index is 0.111. The van der Waals surface area contributed by atoms with Gasteiger partial charge in [0.1, 0.15) is 5.75 Å². The van der Waals surface area contributed by atoms with Gasteiger partial charge < -0.3 is 10.1 Å². The van der Waals surface area contributed by atoms with Crippen LogP contribution in [0.1, 0.15) is 13.3 Å². The molecule has 0 heterocycles. The van der Waals surface area contributed by atoms with Gasteiger partial charge in [-0.05, 0) is 17.9 Å². The molecule has 3 nitrogen and oxygen atoms in total. The molecule has 0 fully saturated rings. The molecule has 0 aromatic heterocycles. The van der Waals surface area contributed by atoms with E-state index in [2.05, 4.69) is 11.9 Å². The molecule has 0 radical (unpaired) electrons. The summed E-state index contributed by atoms with van der Waals surface area (Å²) in [6.45, 7) is 5.97. The van der Waals surface area contributed by atoms with Crippen LogP contribution in [0.25, 0.3) is 10.8 Å². The molecular weight excluding hydrogens is 250 g/mol. The smallest absolute Gasteiger partial charge is 0.261 e. The fourth-order valence-electron chi connectivity index (χ4n) is 2.06. The van der Waals surface area contributed by atoms with Gasteiger partial charge in [0, 0.05) is 11.9 Å². The molecule has 3 heteroatoms. The van der Waals surface area contributed by atoms with Gasteiger partial charge in [-0.25, -0.2) is 0 Å². The largest absolute Gasteiger partial charge is 0.480 e. The number of rotatable bonds is 6. The number of carbonyl (C=O) groups is 1. The number of ether oxygens (including phenoxy) is 1. The van der Waals surface area contributed by atoms with E-state index in [4.69, 9.17) is 4.74 Å². The van der Waals surface area contributed by atoms with Crippen molar-refractivity contribution in [2.24, 2.45) is 0 Å². The maximum absolute atomic E-state index is 12.0. The Morgan fingerprint density at radius 3 is 2.80 bits per heavy atom. The highest BCUT2D eigenvalue weighted by Crippen LogP contribution is 2.26. The number of nitrogens with one attached hydrogen (secondary N) is 1. The molecule has 2 aromatic carbocycles. The van der Waals surface area contributed by atoms with Crippen LogP contribution in [0.4, 0.5) is 0 Å². The molecule has 0 spiro atoms. The minimum atomic E-state index is -0.485. The SMILES string of the molecule is C=CCNC(=O)C(CC)Oc1cccc2ccccc12. The quantitative estimate of drug-likeness (QED) is 0.817. The highest BCUT2D eigenvalue weighted by molar-refractivity contribution is 5.89. The third-order valence-electron chi connectivity index (χ3n) is 3.10. The standard InChI is InChI=1S/C17H19NO2/c1-3-12-18-17(19)15(4-2)20-16-11-7-9-13-8-5-6-10-14(13)16/h3,5-11,15H,1,4,12H2,2H3,(H,18,19). The van der Waals surface area contributed by atoms with E-state index in [-0.39, 0.29) is 5.91 Å². The van der Waals surface area contributed by atoms with E-state index >= 15 is 0 Å². The summed E-state index contributed by atoms with van der Waals surface area (Å²) in [6.07, 6.45) is 1.79. The fourth-order valence-corrected chi connectivity index (χ4v) is 2.06. The van der Waals surface area contributed by atoms with E-state index in [1.807, 2.05) is 49.4 Å². The number of carbonyl (C=O) groups excluding carboxylic acids is 1. The minimum Gasteiger partial charge on any atom is -0.480 e. The van der Waals surface area contributed by atoms with Crippen LogP contribution in [0.2, 0.25) is 0 Å². The van der Waals surface area contributed by atoms with E-state index in [9.17, 15) is 4.79 Å². The van der Waals surface area contributed by atoms with Gasteiger partial charge in [-0.15, -0.1) is 6.58 Å². The zero-order valence-electron chi connectivity index (χ0n) is 11.6. The zero-order chi connectivity index (χ0) is 14.4. The van der Waals surface area contributed by atoms with Gasteiger partial charge in [0.15, 0.2) is 6.10 Å². The third kappa shape index (κ3) is 3.18. The topological polar surface area (TPSA) is 38.3 Å². The first-order chi connectivity index (χ1) is 9.76. The Hall–Kier alpha value is -2.29. The molecule has 1 N–H and O–H groups in total. The molecular formula is C17H19NO2. The molecule has 0 saturated carbocycles. The molecule has 20 heavy (non-hydrogen) atoms. The first-order valence-electron chi connectivity index (χ1n) is 6.79. The van der Waals surface area contributed by atoms with Gasteiger partial charge in [0.25, 0.3) is 5.91 Å². The molecule has 2 rings (SSSR count). The molecule has 1 atom stereocenters. The summed E-state index contributed by atoms with van der Waals surface area (Å²) in [5, 5.41) is 4.89. The summed E-state index contributed by atoms with van der Waals surface area (Å²) in [6, 6.07) is 13.8. The highest BCUT2D eigenvalue weighted by atomic mass is 16.5. The molecule has 0 aliphatic carbocycles. The molecule has 104 valence electrons. The Labute approximate surface area is 119 Å². The Bertz CT molecular complexity index is 601. The zero-order valence-corrected chi connectivity index (χ0v) is 11.6. The van der Waals surface area contributed by atoms with Crippen LogP contribution in [0, 0.1) is 0 Å². The molecule has 1 unspecified atom stereocenters. The number of amides is 1. The predicted molar refractivity (Wildman–Crippen MR) is 81.9 cm³/mol. The van der Waals surface area contributed by atoms with Crippen molar-refractivity contribution in [2.45, 2.75) is 19.4 Å². The summed E-state index contributed by atoms with van der Waals surface area (Å²) in [5.74, 6) is 0.629. The van der Waals surface area contributed by atoms with Crippen molar-refractivity contribution in [3.05, 3.63) is 55.1 Å². The van der Waals surface area contributed by atoms with Gasteiger partial charge in [-0.3, -0.25) is 4.79 Å². The van der Waals surface area contributed by atoms with Crippen LogP contribution in [0.5, 0.6) is 5.75 Å². The van der Waals surface area contributed by atoms with Gasteiger partial charge in [-0.2, -0.15) is 0 Å². The van der Waals surface area contributed by atoms with Crippen LogP contribution >= 0.6 is 0 Å². The first kappa shape index (κ1) is 14.1. The Morgan fingerprint density at radius 1 is 1.30 bits per heavy atom. The first-order valence-corrected chi connectivity index (χ1v) is 6.79. The summed E-state index contributed by atoms with van der Waals surface area (Å²) < 4.78 is 5.89. The van der Waals surface area contributed by atoms with Crippen molar-refractivity contribution in [1.82, 2.24) is 5.32 Å². The Morgan fingerprint density at radius 2 is 2.05 bits per heavy atom. The number of hydrogen-bond acceptors (Lipinski definition) is 2. The highest BCUT2D eigenvalue weighted by Gasteiger charge is 2.18. The lowest BCUT2D eigenvalue weighted by molar-refractivity contribution is -0.127. The second-order valence-corrected chi connectivity index (χ2v) is 4.53. The Balaban J connectivity index is 2.21. The molecule has 0 bridgehead atoms. The molecule has 0 saturated heterocycles. The summed E-state index contributed by atoms with van der Waals surface area (Å²) in [4.78, 5) is 12.0. The summed E-state index contributed by atoms with van der Waals surface area (Å²) in [7, 11) is 0. The van der Waals surface area contributed by atoms with Crippen LogP contribution in [0.3, 0.4) is 0 Å². The number of benzene rings is 2. The lowest BCUT2D eigenvalue weighted by atomic mass is 10.1. The van der Waals surface area contributed by atoms with Crippen LogP contribution in [-0.4, -0.2) is 18.6 Å². The van der Waals surface area contributed by atoms with Gasteiger partial charge in [-0.1, -0.05) is 49.4 Å². The fraction of sp³-hybridized carbons (Fsp3) is 0.235. The second kappa shape index (κ2) is 6.75. The average molecular weight is 269 g/mol. The van der Waals surface area contributed by atoms with E-state index in [1.54, 1.807) is 6.08 Å². The lowest BCUT2D eigenvalue weighted by Crippen LogP contribution is -2.38. The number of fused-ring (bicyclic) bond motifs is 1. The lowest BCUT2D eigenvalue weighted by Gasteiger charge is -2.18. The Kier molecular flexibility index (Phi) is 4.77. The van der Waals surface area contributed by atoms with Gasteiger partial charge in [0.05, 0.1) is 0 Å². The molecule has 1 amide bonds. The van der Waals surface area contributed by atoms with Crippen molar-refractivity contribution >= 4 is 16.7 Å². The molecule has 0 aliphatic heterocycles. The average Bonchev–Trinajstić information content (AvgIpc) is 2.50. The second-order valence-electron chi connectivity index (χ2n) is 4.53. The van der Waals surface area contributed by atoms with E-state index in [1.165, 1.54) is 0 Å². The maximum atomic E-state index is 12.0. The van der Waals surface area contributed by atoms with E-state index in [0.717, 1.165) is 16.5 Å². The van der Waals surface area contributed by atoms with Crippen molar-refractivity contribution < 1.29 is 9.53 Å². The predicted octanol–water partition coefficient (Wildman–Crippen LogP) is 3.30. The number of hydrogen-bond donors (Lipinski definition) is 1. The van der Waals surface area contributed by atoms with Gasteiger partial charge in [0.2, 0.25) is 0 Å². The van der Waals surface area contributed by atoms with Crippen molar-refractivity contribution in [3.63, 3.8) is 0 Å². The monoisotopic (exact) mass is 269 g/mol. The van der Waals surface area contributed by atoms with Crippen molar-refractivity contribution in [1.29, 1.82) is 0 Å². The van der Waals surface area contributed by atoms with E-state index in [0.29, 0.717) is 13.0 Å². The van der Waals surface area contributed by atoms with Gasteiger partial charge >= 0.3 is 0 Å². The third-order valence-corrected chi connectivity index (χ3v) is 3.10. The van der Waals surface area contributed by atoms with E-state index < -0.39 is 6.10 Å². The van der Waals surface area contributed by atoms with Crippen LogP contribution in [-0.2, 0) is 4.79 Å². The maximum Gasteiger partial charge on any atom is 0.261 e. The normalized spacial score (nSPS) is 11.8. The summed E-state index contributed by atoms with van der Waals surface area (Å²) >= 11 is 0. The molecule has 2 aromatic rings. The molecule has 0 aliphatic rings. The van der Waals surface area contributed by atoms with Crippen LogP contribution < -0.4 is 10.1 Å². The van der Waals surface area contributed by atoms with Crippen molar-refractivity contribution in [3.8, 4) is 5.75 Å².